The fourth-order valence-corrected chi connectivity index (χ4v) is 2.77. The molecule has 0 bridgehead atoms. The van der Waals surface area contributed by atoms with E-state index >= 15 is 0 Å². The number of rotatable bonds is 8. The van der Waals surface area contributed by atoms with Gasteiger partial charge in [-0.25, -0.2) is 0 Å². The van der Waals surface area contributed by atoms with Crippen molar-refractivity contribution < 1.29 is 4.74 Å². The molecule has 0 radical (unpaired) electrons. The van der Waals surface area contributed by atoms with Gasteiger partial charge in [0.2, 0.25) is 0 Å². The summed E-state index contributed by atoms with van der Waals surface area (Å²) in [5, 5.41) is 3.69. The van der Waals surface area contributed by atoms with Crippen LogP contribution in [0.1, 0.15) is 52.4 Å². The Morgan fingerprint density at radius 1 is 1.47 bits per heavy atom. The molecule has 3 atom stereocenters. The molecule has 2 heteroatoms. The predicted octanol–water partition coefficient (Wildman–Crippen LogP) is 2.97. The van der Waals surface area contributed by atoms with E-state index in [4.69, 9.17) is 11.2 Å². The molecule has 2 nitrogen and oxygen atoms in total. The minimum absolute atomic E-state index is 0.454. The zero-order valence-electron chi connectivity index (χ0n) is 11.4. The SMILES string of the molecule is C#CCCCC(NCCC)C1CCOC1CC. The standard InChI is InChI=1S/C15H27NO/c1-4-7-8-9-14(16-11-5-2)13-10-12-17-15(13)6-3/h1,13-16H,5-12H2,2-3H3. The first-order chi connectivity index (χ1) is 8.33. The molecular weight excluding hydrogens is 210 g/mol. The Morgan fingerprint density at radius 2 is 2.29 bits per heavy atom. The average Bonchev–Trinajstić information content (AvgIpc) is 2.81. The van der Waals surface area contributed by atoms with E-state index in [2.05, 4.69) is 25.1 Å². The van der Waals surface area contributed by atoms with Crippen LogP contribution in [0.4, 0.5) is 0 Å². The van der Waals surface area contributed by atoms with Crippen LogP contribution in [0.3, 0.4) is 0 Å². The maximum atomic E-state index is 5.80. The molecule has 0 spiro atoms. The first kappa shape index (κ1) is 14.5. The number of unbranched alkanes of at least 4 members (excludes halogenated alkanes) is 1. The first-order valence-corrected chi connectivity index (χ1v) is 7.11. The van der Waals surface area contributed by atoms with Crippen molar-refractivity contribution in [2.75, 3.05) is 13.2 Å². The van der Waals surface area contributed by atoms with Crippen molar-refractivity contribution in [1.82, 2.24) is 5.32 Å². The second-order valence-electron chi connectivity index (χ2n) is 4.93. The van der Waals surface area contributed by atoms with E-state index in [-0.39, 0.29) is 0 Å². The number of hydrogen-bond donors (Lipinski definition) is 1. The lowest BCUT2D eigenvalue weighted by molar-refractivity contribution is 0.0762. The van der Waals surface area contributed by atoms with Crippen molar-refractivity contribution in [3.8, 4) is 12.3 Å². The summed E-state index contributed by atoms with van der Waals surface area (Å²) in [5.41, 5.74) is 0. The Morgan fingerprint density at radius 3 is 2.94 bits per heavy atom. The van der Waals surface area contributed by atoms with Gasteiger partial charge in [0, 0.05) is 25.0 Å². The lowest BCUT2D eigenvalue weighted by atomic mass is 9.88. The van der Waals surface area contributed by atoms with Gasteiger partial charge in [0.1, 0.15) is 0 Å². The quantitative estimate of drug-likeness (QED) is 0.517. The van der Waals surface area contributed by atoms with Gasteiger partial charge >= 0.3 is 0 Å². The van der Waals surface area contributed by atoms with E-state index < -0.39 is 0 Å². The summed E-state index contributed by atoms with van der Waals surface area (Å²) < 4.78 is 5.80. The second-order valence-corrected chi connectivity index (χ2v) is 4.93. The van der Waals surface area contributed by atoms with Crippen molar-refractivity contribution in [1.29, 1.82) is 0 Å². The van der Waals surface area contributed by atoms with E-state index in [0.29, 0.717) is 18.1 Å². The van der Waals surface area contributed by atoms with Gasteiger partial charge in [0.25, 0.3) is 0 Å². The van der Waals surface area contributed by atoms with Gasteiger partial charge in [-0.2, -0.15) is 0 Å². The largest absolute Gasteiger partial charge is 0.378 e. The van der Waals surface area contributed by atoms with Gasteiger partial charge in [-0.05, 0) is 38.6 Å². The molecule has 1 heterocycles. The molecule has 1 fully saturated rings. The first-order valence-electron chi connectivity index (χ1n) is 7.11. The average molecular weight is 237 g/mol. The van der Waals surface area contributed by atoms with Gasteiger partial charge in [0.05, 0.1) is 6.10 Å². The Labute approximate surface area is 107 Å². The summed E-state index contributed by atoms with van der Waals surface area (Å²) in [6, 6.07) is 0.593. The van der Waals surface area contributed by atoms with Crippen LogP contribution in [-0.4, -0.2) is 25.3 Å². The Kier molecular flexibility index (Phi) is 7.32. The summed E-state index contributed by atoms with van der Waals surface area (Å²) in [4.78, 5) is 0. The Hall–Kier alpha value is -0.520. The molecule has 98 valence electrons. The zero-order chi connectivity index (χ0) is 12.5. The van der Waals surface area contributed by atoms with E-state index in [1.54, 1.807) is 0 Å². The van der Waals surface area contributed by atoms with Gasteiger partial charge in [0.15, 0.2) is 0 Å². The molecule has 1 aliphatic heterocycles. The molecule has 0 amide bonds. The van der Waals surface area contributed by atoms with E-state index in [0.717, 1.165) is 32.4 Å². The molecule has 0 saturated carbocycles. The number of terminal acetylenes is 1. The van der Waals surface area contributed by atoms with E-state index in [9.17, 15) is 0 Å². The topological polar surface area (TPSA) is 21.3 Å². The normalized spacial score (nSPS) is 25.7. The minimum Gasteiger partial charge on any atom is -0.378 e. The Balaban J connectivity index is 2.45. The van der Waals surface area contributed by atoms with Crippen LogP contribution >= 0.6 is 0 Å². The molecule has 1 rings (SSSR count). The van der Waals surface area contributed by atoms with Crippen LogP contribution in [0.2, 0.25) is 0 Å². The molecule has 0 aromatic heterocycles. The molecule has 1 N–H and O–H groups in total. The third kappa shape index (κ3) is 4.69. The van der Waals surface area contributed by atoms with Gasteiger partial charge in [-0.1, -0.05) is 13.8 Å². The number of nitrogens with one attached hydrogen (secondary N) is 1. The monoisotopic (exact) mass is 237 g/mol. The van der Waals surface area contributed by atoms with E-state index in [1.165, 1.54) is 19.3 Å². The molecule has 1 saturated heterocycles. The summed E-state index contributed by atoms with van der Waals surface area (Å²) in [6.45, 7) is 6.48. The van der Waals surface area contributed by atoms with Crippen molar-refractivity contribution >= 4 is 0 Å². The van der Waals surface area contributed by atoms with Crippen molar-refractivity contribution in [3.05, 3.63) is 0 Å². The molecule has 3 unspecified atom stereocenters. The minimum atomic E-state index is 0.454. The van der Waals surface area contributed by atoms with E-state index in [1.807, 2.05) is 0 Å². The van der Waals surface area contributed by atoms with Crippen LogP contribution in [-0.2, 0) is 4.74 Å². The highest BCUT2D eigenvalue weighted by Crippen LogP contribution is 2.28. The number of hydrogen-bond acceptors (Lipinski definition) is 2. The molecule has 17 heavy (non-hydrogen) atoms. The second kappa shape index (κ2) is 8.55. The smallest absolute Gasteiger partial charge is 0.0616 e. The maximum Gasteiger partial charge on any atom is 0.0616 e. The summed E-state index contributed by atoms with van der Waals surface area (Å²) in [7, 11) is 0. The highest BCUT2D eigenvalue weighted by molar-refractivity contribution is 4.88. The number of ether oxygens (including phenoxy) is 1. The molecule has 0 aromatic rings. The van der Waals surface area contributed by atoms with Crippen molar-refractivity contribution in [2.45, 2.75) is 64.5 Å². The maximum absolute atomic E-state index is 5.80. The fraction of sp³-hybridized carbons (Fsp3) is 0.867. The van der Waals surface area contributed by atoms with Crippen LogP contribution in [0.5, 0.6) is 0 Å². The molecular formula is C15H27NO. The molecule has 0 aliphatic carbocycles. The van der Waals surface area contributed by atoms with Crippen LogP contribution in [0.25, 0.3) is 0 Å². The van der Waals surface area contributed by atoms with Crippen LogP contribution < -0.4 is 5.32 Å². The van der Waals surface area contributed by atoms with Crippen molar-refractivity contribution in [3.63, 3.8) is 0 Å². The van der Waals surface area contributed by atoms with Gasteiger partial charge < -0.3 is 10.1 Å². The lowest BCUT2D eigenvalue weighted by Gasteiger charge is -2.28. The molecule has 0 aromatic carbocycles. The Bertz CT molecular complexity index is 234. The molecule has 1 aliphatic rings. The van der Waals surface area contributed by atoms with Gasteiger partial charge in [-0.15, -0.1) is 12.3 Å². The summed E-state index contributed by atoms with van der Waals surface area (Å²) in [6.07, 6.45) is 12.5. The van der Waals surface area contributed by atoms with Crippen LogP contribution in [0, 0.1) is 18.3 Å². The third-order valence-corrected chi connectivity index (χ3v) is 3.67. The van der Waals surface area contributed by atoms with Crippen LogP contribution in [0.15, 0.2) is 0 Å². The fourth-order valence-electron chi connectivity index (χ4n) is 2.77. The van der Waals surface area contributed by atoms with Crippen molar-refractivity contribution in [2.24, 2.45) is 5.92 Å². The lowest BCUT2D eigenvalue weighted by Crippen LogP contribution is -2.40. The zero-order valence-corrected chi connectivity index (χ0v) is 11.4. The summed E-state index contributed by atoms with van der Waals surface area (Å²) in [5.74, 6) is 3.42. The van der Waals surface area contributed by atoms with Gasteiger partial charge in [-0.3, -0.25) is 0 Å². The predicted molar refractivity (Wildman–Crippen MR) is 72.9 cm³/mol. The highest BCUT2D eigenvalue weighted by Gasteiger charge is 2.32. The highest BCUT2D eigenvalue weighted by atomic mass is 16.5. The third-order valence-electron chi connectivity index (χ3n) is 3.67. The summed E-state index contributed by atoms with van der Waals surface area (Å²) >= 11 is 0.